The van der Waals surface area contributed by atoms with Gasteiger partial charge in [0, 0.05) is 81.4 Å². The number of aryl methyl sites for hydroxylation is 6. The van der Waals surface area contributed by atoms with Gasteiger partial charge in [-0.25, -0.2) is 14.4 Å². The molecule has 0 N–H and O–H groups in total. The number of fused-ring (bicyclic) bond motifs is 3. The van der Waals surface area contributed by atoms with E-state index in [-0.39, 0.29) is 69.6 Å². The standard InChI is InChI=1S/2C28H35ClN2O4.C27H36N2O4/c2*1-4-22-11-7-5-8-12-23(30-35-19-25(32)31-14-9-6-10-15-31)18-24-26(28(33)34-16-13-22)20(2)17-21(3)27(24)29;1-20-11-7-4-5-10-14-32-27(31)26-22(3)15-21(2)16-23(26)18-24(17-20)28-33-19-25(30)29-12-8-6-9-13-29/h2*4,8,11-12,17H,1,5-7,9-10,13-16,18-19H2,2-3H3;4-5,15-17H,6-14,18-19H2,1-3H3/b12-8+,22-11+,30-23+;12-8+,22-11+,30-23-;5-4+,20-17+,28-24+. The number of cyclic esters (lactones) is 3. The highest BCUT2D eigenvalue weighted by molar-refractivity contribution is 6.33. The minimum atomic E-state index is -0.413. The molecule has 20 heteroatoms. The number of oxime groups is 3. The van der Waals surface area contributed by atoms with E-state index in [9.17, 15) is 28.8 Å². The third kappa shape index (κ3) is 26.6. The Morgan fingerprint density at radius 1 is 0.456 bits per heavy atom. The summed E-state index contributed by atoms with van der Waals surface area (Å²) in [4.78, 5) is 98.5. The van der Waals surface area contributed by atoms with Crippen LogP contribution in [0.2, 0.25) is 10.0 Å². The second kappa shape index (κ2) is 43.5. The zero-order valence-corrected chi connectivity index (χ0v) is 63.3. The van der Waals surface area contributed by atoms with E-state index in [1.165, 1.54) is 12.0 Å². The Hall–Kier alpha value is -8.61. The minimum absolute atomic E-state index is 0.0264. The van der Waals surface area contributed by atoms with Crippen LogP contribution in [0.3, 0.4) is 0 Å². The number of carbonyl (C=O) groups is 6. The molecule has 9 rings (SSSR count). The number of benzene rings is 3. The summed E-state index contributed by atoms with van der Waals surface area (Å²) >= 11 is 13.4. The lowest BCUT2D eigenvalue weighted by Gasteiger charge is -2.26. The third-order valence-corrected chi connectivity index (χ3v) is 19.7. The average molecular weight is 1450 g/mol. The van der Waals surface area contributed by atoms with Crippen molar-refractivity contribution in [1.82, 2.24) is 14.7 Å². The molecule has 3 aromatic carbocycles. The van der Waals surface area contributed by atoms with Crippen LogP contribution in [0, 0.1) is 41.5 Å². The molecule has 0 aliphatic carbocycles. The number of nitrogens with zero attached hydrogens (tertiary/aromatic N) is 6. The molecule has 3 fully saturated rings. The lowest BCUT2D eigenvalue weighted by molar-refractivity contribution is -0.137. The van der Waals surface area contributed by atoms with E-state index in [2.05, 4.69) is 59.9 Å². The first kappa shape index (κ1) is 81.7. The summed E-state index contributed by atoms with van der Waals surface area (Å²) in [5.41, 5.74) is 14.1. The van der Waals surface area contributed by atoms with E-state index in [1.54, 1.807) is 12.2 Å². The number of hydrogen-bond donors (Lipinski definition) is 0. The molecule has 3 aromatic rings. The van der Waals surface area contributed by atoms with E-state index in [0.29, 0.717) is 87.3 Å². The van der Waals surface area contributed by atoms with Gasteiger partial charge in [0.2, 0.25) is 0 Å². The first-order chi connectivity index (χ1) is 49.7. The Kier molecular flexibility index (Phi) is 34.5. The Labute approximate surface area is 620 Å². The van der Waals surface area contributed by atoms with Gasteiger partial charge in [-0.3, -0.25) is 14.4 Å². The fraction of sp³-hybridized carbons (Fsp3) is 0.482. The molecular weight excluding hydrogens is 1340 g/mol. The molecule has 0 radical (unpaired) electrons. The molecule has 18 nitrogen and oxygen atoms in total. The zero-order chi connectivity index (χ0) is 74.0. The van der Waals surface area contributed by atoms with Crippen molar-refractivity contribution in [2.24, 2.45) is 15.5 Å². The summed E-state index contributed by atoms with van der Waals surface area (Å²) in [6.45, 7) is 26.6. The van der Waals surface area contributed by atoms with Gasteiger partial charge >= 0.3 is 17.9 Å². The smallest absolute Gasteiger partial charge is 0.338 e. The number of halogens is 2. The summed E-state index contributed by atoms with van der Waals surface area (Å²) in [7, 11) is 0. The van der Waals surface area contributed by atoms with Gasteiger partial charge in [-0.05, 0) is 225 Å². The normalized spacial score (nSPS) is 21.4. The lowest BCUT2D eigenvalue weighted by atomic mass is 9.94. The summed E-state index contributed by atoms with van der Waals surface area (Å²) in [5, 5.41) is 13.9. The summed E-state index contributed by atoms with van der Waals surface area (Å²) in [6, 6.07) is 7.78. The fourth-order valence-corrected chi connectivity index (χ4v) is 13.6. The zero-order valence-electron chi connectivity index (χ0n) is 61.7. The minimum Gasteiger partial charge on any atom is -0.462 e. The molecule has 6 aliphatic heterocycles. The quantitative estimate of drug-likeness (QED) is 0.0761. The van der Waals surface area contributed by atoms with Crippen molar-refractivity contribution < 1.29 is 57.5 Å². The van der Waals surface area contributed by atoms with Gasteiger partial charge in [0.05, 0.1) is 53.6 Å². The van der Waals surface area contributed by atoms with Crippen LogP contribution in [0.4, 0.5) is 0 Å². The van der Waals surface area contributed by atoms with Crippen molar-refractivity contribution in [2.75, 3.05) is 78.9 Å². The van der Waals surface area contributed by atoms with E-state index in [4.69, 9.17) is 51.9 Å². The van der Waals surface area contributed by atoms with Crippen LogP contribution in [0.1, 0.15) is 204 Å². The number of esters is 3. The Morgan fingerprint density at radius 3 is 1.29 bits per heavy atom. The van der Waals surface area contributed by atoms with Gasteiger partial charge in [-0.2, -0.15) is 0 Å². The summed E-state index contributed by atoms with van der Waals surface area (Å²) in [5.74, 6) is -1.28. The molecule has 0 aromatic heterocycles. The molecule has 0 saturated carbocycles. The largest absolute Gasteiger partial charge is 0.462 e. The van der Waals surface area contributed by atoms with Crippen LogP contribution in [0.5, 0.6) is 0 Å². The Morgan fingerprint density at radius 2 is 0.854 bits per heavy atom. The number of hydrogen-bond acceptors (Lipinski definition) is 15. The van der Waals surface area contributed by atoms with Gasteiger partial charge in [-0.1, -0.05) is 136 Å². The summed E-state index contributed by atoms with van der Waals surface area (Å²) in [6.07, 6.45) is 39.4. The number of piperidine rings is 3. The number of allylic oxidation sites excluding steroid dienone is 11. The maximum atomic E-state index is 13.1. The molecule has 6 aliphatic rings. The first-order valence-electron chi connectivity index (χ1n) is 36.6. The molecule has 6 heterocycles. The topological polar surface area (TPSA) is 205 Å². The second-order valence-corrected chi connectivity index (χ2v) is 27.8. The SMILES string of the molecule is C/C1=C\C(=N/OCC(=O)N2CCCCC2)Cc2cc(C)cc(C)c2C(=O)OCC/C=C/CC1.C=C/C1=C\CC/C=C/C(=N/OCC(=O)N2CCCCC2)Cc2c(Cl)c(C)cc(C)c2C(=O)OCC1.C=C/C1=C\CC/C=C/C(=N\OCC(=O)N2CCCCC2)Cc2c(Cl)c(C)cc(C)c2C(=O)OCC1. The van der Waals surface area contributed by atoms with Crippen LogP contribution in [-0.4, -0.2) is 146 Å². The van der Waals surface area contributed by atoms with E-state index in [1.807, 2.05) is 111 Å². The highest BCUT2D eigenvalue weighted by Crippen LogP contribution is 2.32. The fourth-order valence-electron chi connectivity index (χ4n) is 13.2. The molecule has 103 heavy (non-hydrogen) atoms. The van der Waals surface area contributed by atoms with Crippen molar-refractivity contribution in [1.29, 1.82) is 0 Å². The number of carbonyl (C=O) groups excluding carboxylic acids is 6. The van der Waals surface area contributed by atoms with Gasteiger partial charge in [0.15, 0.2) is 19.8 Å². The number of rotatable bonds is 11. The number of amides is 3. The van der Waals surface area contributed by atoms with Crippen LogP contribution in [-0.2, 0) is 62.4 Å². The van der Waals surface area contributed by atoms with Gasteiger partial charge in [0.25, 0.3) is 17.7 Å². The third-order valence-electron chi connectivity index (χ3n) is 18.7. The van der Waals surface area contributed by atoms with Gasteiger partial charge < -0.3 is 43.4 Å². The van der Waals surface area contributed by atoms with Crippen molar-refractivity contribution >= 4 is 76.0 Å². The van der Waals surface area contributed by atoms with Crippen LogP contribution in [0.15, 0.2) is 136 Å². The first-order valence-corrected chi connectivity index (χ1v) is 37.4. The van der Waals surface area contributed by atoms with Crippen LogP contribution in [0.25, 0.3) is 0 Å². The monoisotopic (exact) mass is 1450 g/mol. The molecule has 0 bridgehead atoms. The molecule has 554 valence electrons. The lowest BCUT2D eigenvalue weighted by Crippen LogP contribution is -2.37. The average Bonchev–Trinajstić information content (AvgIpc) is 0.747. The highest BCUT2D eigenvalue weighted by Gasteiger charge is 2.26. The van der Waals surface area contributed by atoms with Crippen molar-refractivity contribution in [3.63, 3.8) is 0 Å². The molecule has 3 saturated heterocycles. The molecule has 0 unspecified atom stereocenters. The predicted molar refractivity (Wildman–Crippen MR) is 410 cm³/mol. The van der Waals surface area contributed by atoms with Gasteiger partial charge in [0.1, 0.15) is 0 Å². The van der Waals surface area contributed by atoms with Crippen molar-refractivity contribution in [3.8, 4) is 0 Å². The van der Waals surface area contributed by atoms with E-state index >= 15 is 0 Å². The van der Waals surface area contributed by atoms with Crippen molar-refractivity contribution in [2.45, 2.75) is 183 Å². The van der Waals surface area contributed by atoms with E-state index in [0.717, 1.165) is 179 Å². The van der Waals surface area contributed by atoms with Crippen LogP contribution < -0.4 is 0 Å². The highest BCUT2D eigenvalue weighted by atomic mass is 35.5. The number of likely N-dealkylation sites (tertiary alicyclic amines) is 3. The predicted octanol–water partition coefficient (Wildman–Crippen LogP) is 16.9. The Bertz CT molecular complexity index is 3610. The maximum absolute atomic E-state index is 13.1. The second-order valence-electron chi connectivity index (χ2n) is 27.0. The van der Waals surface area contributed by atoms with Gasteiger partial charge in [-0.15, -0.1) is 0 Å². The van der Waals surface area contributed by atoms with Crippen molar-refractivity contribution in [3.05, 3.63) is 198 Å². The molecule has 3 amide bonds. The molecule has 0 atom stereocenters. The molecule has 0 spiro atoms. The Balaban J connectivity index is 0.000000216. The number of ether oxygens (including phenoxy) is 3. The summed E-state index contributed by atoms with van der Waals surface area (Å²) < 4.78 is 16.8. The van der Waals surface area contributed by atoms with Crippen LogP contribution >= 0.6 is 23.2 Å². The van der Waals surface area contributed by atoms with E-state index < -0.39 is 11.9 Å². The molecular formula is C83H106Cl2N6O12. The maximum Gasteiger partial charge on any atom is 0.338 e.